The molecule has 1 aromatic rings. The molecule has 4 amide bonds. The Balaban J connectivity index is 1.70. The highest BCUT2D eigenvalue weighted by atomic mass is 16.2. The second kappa shape index (κ2) is 8.17. The molecule has 7 heteroatoms. The molecular weight excluding hydrogens is 296 g/mol. The number of likely N-dealkylation sites (tertiary alicyclic amines) is 1. The van der Waals surface area contributed by atoms with E-state index < -0.39 is 0 Å². The van der Waals surface area contributed by atoms with Gasteiger partial charge in [0.25, 0.3) is 0 Å². The number of carbonyl (C=O) groups is 3. The Bertz CT molecular complexity index is 562. The van der Waals surface area contributed by atoms with Crippen molar-refractivity contribution in [1.82, 2.24) is 10.2 Å². The molecule has 0 aromatic heterocycles. The zero-order valence-corrected chi connectivity index (χ0v) is 13.0. The Morgan fingerprint density at radius 1 is 1.22 bits per heavy atom. The number of anilines is 1. The van der Waals surface area contributed by atoms with Crippen LogP contribution in [-0.2, 0) is 9.59 Å². The SMILES string of the molecule is NC(=O)[C@H]1CCCN(C(=O)CCNC(=O)Nc2ccccc2)C1. The molecule has 1 heterocycles. The second-order valence-corrected chi connectivity index (χ2v) is 5.58. The van der Waals surface area contributed by atoms with Crippen molar-refractivity contribution >= 4 is 23.5 Å². The van der Waals surface area contributed by atoms with Gasteiger partial charge in [0.05, 0.1) is 5.92 Å². The minimum Gasteiger partial charge on any atom is -0.369 e. The average Bonchev–Trinajstić information content (AvgIpc) is 2.55. The van der Waals surface area contributed by atoms with Gasteiger partial charge >= 0.3 is 6.03 Å². The minimum atomic E-state index is -0.358. The fourth-order valence-corrected chi connectivity index (χ4v) is 2.57. The van der Waals surface area contributed by atoms with Crippen LogP contribution in [0.25, 0.3) is 0 Å². The summed E-state index contributed by atoms with van der Waals surface area (Å²) in [5.74, 6) is -0.694. The van der Waals surface area contributed by atoms with Crippen LogP contribution in [0.15, 0.2) is 30.3 Å². The van der Waals surface area contributed by atoms with Gasteiger partial charge in [0, 0.05) is 31.7 Å². The molecule has 1 aliphatic rings. The predicted octanol–water partition coefficient (Wildman–Crippen LogP) is 0.922. The van der Waals surface area contributed by atoms with Gasteiger partial charge in [-0.2, -0.15) is 0 Å². The largest absolute Gasteiger partial charge is 0.369 e. The van der Waals surface area contributed by atoms with Gasteiger partial charge in [0.2, 0.25) is 11.8 Å². The summed E-state index contributed by atoms with van der Waals surface area (Å²) < 4.78 is 0. The molecule has 1 aliphatic heterocycles. The number of benzene rings is 1. The topological polar surface area (TPSA) is 105 Å². The molecule has 0 aliphatic carbocycles. The summed E-state index contributed by atoms with van der Waals surface area (Å²) in [7, 11) is 0. The van der Waals surface area contributed by atoms with E-state index in [0.717, 1.165) is 12.8 Å². The maximum atomic E-state index is 12.1. The molecular formula is C16H22N4O3. The lowest BCUT2D eigenvalue weighted by molar-refractivity contribution is -0.134. The van der Waals surface area contributed by atoms with Crippen molar-refractivity contribution in [3.05, 3.63) is 30.3 Å². The van der Waals surface area contributed by atoms with E-state index >= 15 is 0 Å². The first kappa shape index (κ1) is 16.8. The molecule has 1 atom stereocenters. The Hall–Kier alpha value is -2.57. The van der Waals surface area contributed by atoms with Crippen LogP contribution in [0, 0.1) is 5.92 Å². The van der Waals surface area contributed by atoms with Crippen LogP contribution >= 0.6 is 0 Å². The number of hydrogen-bond donors (Lipinski definition) is 3. The van der Waals surface area contributed by atoms with Gasteiger partial charge in [-0.3, -0.25) is 9.59 Å². The molecule has 0 bridgehead atoms. The van der Waals surface area contributed by atoms with Gasteiger partial charge in [0.1, 0.15) is 0 Å². The number of nitrogens with two attached hydrogens (primary N) is 1. The summed E-state index contributed by atoms with van der Waals surface area (Å²) in [5, 5.41) is 5.33. The number of piperidine rings is 1. The fourth-order valence-electron chi connectivity index (χ4n) is 2.57. The van der Waals surface area contributed by atoms with E-state index in [1.807, 2.05) is 18.2 Å². The summed E-state index contributed by atoms with van der Waals surface area (Å²) in [6.07, 6.45) is 1.71. The van der Waals surface area contributed by atoms with Crippen molar-refractivity contribution in [2.24, 2.45) is 11.7 Å². The van der Waals surface area contributed by atoms with Gasteiger partial charge < -0.3 is 21.3 Å². The Morgan fingerprint density at radius 2 is 1.96 bits per heavy atom. The molecule has 1 aromatic carbocycles. The number of rotatable bonds is 5. The highest BCUT2D eigenvalue weighted by Crippen LogP contribution is 2.16. The Kier molecular flexibility index (Phi) is 5.96. The number of para-hydroxylation sites is 1. The smallest absolute Gasteiger partial charge is 0.319 e. The molecule has 7 nitrogen and oxygen atoms in total. The van der Waals surface area contributed by atoms with Gasteiger partial charge in [-0.1, -0.05) is 18.2 Å². The maximum Gasteiger partial charge on any atom is 0.319 e. The fraction of sp³-hybridized carbons (Fsp3) is 0.438. The number of nitrogens with one attached hydrogen (secondary N) is 2. The number of primary amides is 1. The Morgan fingerprint density at radius 3 is 2.65 bits per heavy atom. The number of urea groups is 1. The number of hydrogen-bond acceptors (Lipinski definition) is 3. The Labute approximate surface area is 135 Å². The lowest BCUT2D eigenvalue weighted by Crippen LogP contribution is -2.45. The van der Waals surface area contributed by atoms with Crippen LogP contribution in [0.4, 0.5) is 10.5 Å². The van der Waals surface area contributed by atoms with E-state index in [2.05, 4.69) is 10.6 Å². The first-order chi connectivity index (χ1) is 11.1. The third kappa shape index (κ3) is 5.28. The first-order valence-electron chi connectivity index (χ1n) is 7.73. The van der Waals surface area contributed by atoms with E-state index in [1.54, 1.807) is 17.0 Å². The normalized spacial score (nSPS) is 17.4. The van der Waals surface area contributed by atoms with E-state index in [-0.39, 0.29) is 36.7 Å². The van der Waals surface area contributed by atoms with Crippen molar-refractivity contribution in [3.8, 4) is 0 Å². The number of carbonyl (C=O) groups excluding carboxylic acids is 3. The van der Waals surface area contributed by atoms with E-state index in [1.165, 1.54) is 0 Å². The van der Waals surface area contributed by atoms with Gasteiger partial charge in [0.15, 0.2) is 0 Å². The summed E-state index contributed by atoms with van der Waals surface area (Å²) >= 11 is 0. The third-order valence-corrected chi connectivity index (χ3v) is 3.83. The molecule has 0 unspecified atom stereocenters. The van der Waals surface area contributed by atoms with Crippen LogP contribution in [0.5, 0.6) is 0 Å². The van der Waals surface area contributed by atoms with E-state index in [0.29, 0.717) is 18.8 Å². The summed E-state index contributed by atoms with van der Waals surface area (Å²) in [6.45, 7) is 1.26. The highest BCUT2D eigenvalue weighted by Gasteiger charge is 2.26. The van der Waals surface area contributed by atoms with Crippen molar-refractivity contribution in [2.75, 3.05) is 25.0 Å². The zero-order valence-electron chi connectivity index (χ0n) is 13.0. The molecule has 23 heavy (non-hydrogen) atoms. The maximum absolute atomic E-state index is 12.1. The van der Waals surface area contributed by atoms with Crippen molar-refractivity contribution in [1.29, 1.82) is 0 Å². The summed E-state index contributed by atoms with van der Waals surface area (Å²) in [5.41, 5.74) is 5.99. The molecule has 0 spiro atoms. The molecule has 0 saturated carbocycles. The quantitative estimate of drug-likeness (QED) is 0.752. The second-order valence-electron chi connectivity index (χ2n) is 5.58. The van der Waals surface area contributed by atoms with Crippen molar-refractivity contribution in [2.45, 2.75) is 19.3 Å². The average molecular weight is 318 g/mol. The first-order valence-corrected chi connectivity index (χ1v) is 7.73. The monoisotopic (exact) mass is 318 g/mol. The van der Waals surface area contributed by atoms with Crippen LogP contribution in [0.3, 0.4) is 0 Å². The highest BCUT2D eigenvalue weighted by molar-refractivity contribution is 5.89. The standard InChI is InChI=1S/C16H22N4O3/c17-15(22)12-5-4-10-20(11-12)14(21)8-9-18-16(23)19-13-6-2-1-3-7-13/h1-3,6-7,12H,4-5,8-11H2,(H2,17,22)(H2,18,19,23)/t12-/m0/s1. The minimum absolute atomic E-state index is 0.0732. The molecule has 1 saturated heterocycles. The van der Waals surface area contributed by atoms with E-state index in [9.17, 15) is 14.4 Å². The predicted molar refractivity (Wildman–Crippen MR) is 86.6 cm³/mol. The van der Waals surface area contributed by atoms with Crippen LogP contribution in [0.2, 0.25) is 0 Å². The molecule has 124 valence electrons. The molecule has 1 fully saturated rings. The third-order valence-electron chi connectivity index (χ3n) is 3.83. The van der Waals surface area contributed by atoms with Crippen LogP contribution < -0.4 is 16.4 Å². The van der Waals surface area contributed by atoms with Crippen LogP contribution in [0.1, 0.15) is 19.3 Å². The molecule has 0 radical (unpaired) electrons. The lowest BCUT2D eigenvalue weighted by Gasteiger charge is -2.31. The van der Waals surface area contributed by atoms with E-state index in [4.69, 9.17) is 5.73 Å². The zero-order chi connectivity index (χ0) is 16.7. The number of nitrogens with zero attached hydrogens (tertiary/aromatic N) is 1. The number of amides is 4. The van der Waals surface area contributed by atoms with Crippen molar-refractivity contribution < 1.29 is 14.4 Å². The van der Waals surface area contributed by atoms with Crippen LogP contribution in [-0.4, -0.2) is 42.4 Å². The summed E-state index contributed by atoms with van der Waals surface area (Å²) in [6, 6.07) is 8.72. The lowest BCUT2D eigenvalue weighted by atomic mass is 9.97. The van der Waals surface area contributed by atoms with Gasteiger partial charge in [-0.05, 0) is 25.0 Å². The van der Waals surface area contributed by atoms with Gasteiger partial charge in [-0.15, -0.1) is 0 Å². The summed E-state index contributed by atoms with van der Waals surface area (Å²) in [4.78, 5) is 36.7. The van der Waals surface area contributed by atoms with Crippen molar-refractivity contribution in [3.63, 3.8) is 0 Å². The molecule has 4 N–H and O–H groups in total. The molecule has 2 rings (SSSR count). The van der Waals surface area contributed by atoms with Gasteiger partial charge in [-0.25, -0.2) is 4.79 Å².